The van der Waals surface area contributed by atoms with Gasteiger partial charge in [-0.1, -0.05) is 0 Å². The molecule has 14 heteroatoms. The number of ketones is 1. The SMILES string of the molecule is O=C(CN(C(=O)c1ccc([N+](=O)[O-])cc1)N1C(=O)c2c(Br)c(Br)c(Br)c(Br)c2C1=O)c1ccc(F)cc1. The van der Waals surface area contributed by atoms with Gasteiger partial charge in [-0.05, 0) is 100 Å². The first-order valence-corrected chi connectivity index (χ1v) is 13.2. The third kappa shape index (κ3) is 4.90. The lowest BCUT2D eigenvalue weighted by Gasteiger charge is -2.29. The van der Waals surface area contributed by atoms with Crippen molar-refractivity contribution in [1.29, 1.82) is 0 Å². The highest BCUT2D eigenvalue weighted by Crippen LogP contribution is 2.45. The van der Waals surface area contributed by atoms with Gasteiger partial charge in [-0.15, -0.1) is 0 Å². The minimum Gasteiger partial charge on any atom is -0.292 e. The number of non-ortho nitro benzene ring substituents is 1. The summed E-state index contributed by atoms with van der Waals surface area (Å²) in [5, 5.41) is 12.2. The summed E-state index contributed by atoms with van der Waals surface area (Å²) in [5.41, 5.74) is -0.471. The lowest BCUT2D eigenvalue weighted by atomic mass is 10.1. The molecule has 0 fully saturated rings. The van der Waals surface area contributed by atoms with E-state index in [0.29, 0.717) is 19.0 Å². The Morgan fingerprint density at radius 3 is 1.73 bits per heavy atom. The van der Waals surface area contributed by atoms with Crippen LogP contribution in [-0.2, 0) is 0 Å². The number of rotatable bonds is 6. The Labute approximate surface area is 241 Å². The van der Waals surface area contributed by atoms with Crippen molar-refractivity contribution < 1.29 is 28.5 Å². The number of amides is 3. The Kier molecular flexibility index (Phi) is 7.74. The van der Waals surface area contributed by atoms with Crippen molar-refractivity contribution in [1.82, 2.24) is 10.0 Å². The van der Waals surface area contributed by atoms with Crippen LogP contribution in [0.2, 0.25) is 0 Å². The lowest BCUT2D eigenvalue weighted by Crippen LogP contribution is -2.51. The van der Waals surface area contributed by atoms with E-state index >= 15 is 0 Å². The van der Waals surface area contributed by atoms with Gasteiger partial charge in [0.2, 0.25) is 0 Å². The Morgan fingerprint density at radius 1 is 0.811 bits per heavy atom. The van der Waals surface area contributed by atoms with Crippen LogP contribution >= 0.6 is 63.7 Å². The Bertz CT molecular complexity index is 1470. The number of carbonyl (C=O) groups excluding carboxylic acids is 4. The van der Waals surface area contributed by atoms with Crippen LogP contribution in [0.1, 0.15) is 41.4 Å². The highest BCUT2D eigenvalue weighted by Gasteiger charge is 2.46. The molecule has 0 saturated heterocycles. The number of imide groups is 1. The number of Topliss-reactive ketones (excluding diaryl/α,β-unsaturated/α-hetero) is 1. The molecule has 0 radical (unpaired) electrons. The molecular formula is C23H10Br4FN3O6. The molecule has 9 nitrogen and oxygen atoms in total. The van der Waals surface area contributed by atoms with Crippen LogP contribution in [0.15, 0.2) is 66.4 Å². The minimum absolute atomic E-state index is 0.0346. The van der Waals surface area contributed by atoms with E-state index in [1.165, 1.54) is 12.1 Å². The van der Waals surface area contributed by atoms with Crippen molar-refractivity contribution >= 4 is 92.9 Å². The monoisotopic (exact) mass is 759 g/mol. The molecular weight excluding hydrogens is 753 g/mol. The van der Waals surface area contributed by atoms with E-state index in [4.69, 9.17) is 0 Å². The number of nitro benzene ring substituents is 1. The van der Waals surface area contributed by atoms with Gasteiger partial charge in [-0.3, -0.25) is 29.3 Å². The third-order valence-corrected chi connectivity index (χ3v) is 10.1. The van der Waals surface area contributed by atoms with Crippen LogP contribution in [0, 0.1) is 15.9 Å². The molecule has 0 saturated carbocycles. The summed E-state index contributed by atoms with van der Waals surface area (Å²) in [4.78, 5) is 63.9. The van der Waals surface area contributed by atoms with Crippen molar-refractivity contribution in [2.24, 2.45) is 0 Å². The van der Waals surface area contributed by atoms with Crippen LogP contribution in [0.5, 0.6) is 0 Å². The second-order valence-corrected chi connectivity index (χ2v) is 10.7. The fraction of sp³-hybridized carbons (Fsp3) is 0.0435. The molecule has 0 N–H and O–H groups in total. The van der Waals surface area contributed by atoms with Crippen LogP contribution in [-0.4, -0.2) is 45.0 Å². The van der Waals surface area contributed by atoms with Crippen molar-refractivity contribution in [3.63, 3.8) is 0 Å². The molecule has 1 aliphatic heterocycles. The molecule has 37 heavy (non-hydrogen) atoms. The fourth-order valence-electron chi connectivity index (χ4n) is 3.53. The minimum atomic E-state index is -0.940. The summed E-state index contributed by atoms with van der Waals surface area (Å²) in [5.74, 6) is -3.98. The van der Waals surface area contributed by atoms with Gasteiger partial charge >= 0.3 is 0 Å². The van der Waals surface area contributed by atoms with Gasteiger partial charge in [0, 0.05) is 41.2 Å². The summed E-state index contributed by atoms with van der Waals surface area (Å²) in [7, 11) is 0. The summed E-state index contributed by atoms with van der Waals surface area (Å²) in [6.45, 7) is -0.759. The average molecular weight is 763 g/mol. The van der Waals surface area contributed by atoms with E-state index in [2.05, 4.69) is 63.7 Å². The average Bonchev–Trinajstić information content (AvgIpc) is 3.14. The molecule has 188 valence electrons. The predicted molar refractivity (Wildman–Crippen MR) is 143 cm³/mol. The molecule has 0 bridgehead atoms. The number of carbonyl (C=O) groups is 4. The molecule has 0 spiro atoms. The van der Waals surface area contributed by atoms with Gasteiger partial charge < -0.3 is 0 Å². The zero-order chi connectivity index (χ0) is 27.2. The zero-order valence-electron chi connectivity index (χ0n) is 18.0. The maximum Gasteiger partial charge on any atom is 0.282 e. The van der Waals surface area contributed by atoms with Crippen LogP contribution in [0.3, 0.4) is 0 Å². The largest absolute Gasteiger partial charge is 0.292 e. The highest BCUT2D eigenvalue weighted by molar-refractivity contribution is 9.15. The Balaban J connectivity index is 1.81. The number of halogens is 5. The van der Waals surface area contributed by atoms with Gasteiger partial charge in [0.05, 0.1) is 16.1 Å². The number of nitro groups is 1. The van der Waals surface area contributed by atoms with Gasteiger partial charge in [0.15, 0.2) is 5.78 Å². The summed E-state index contributed by atoms with van der Waals surface area (Å²) in [6.07, 6.45) is 0. The highest BCUT2D eigenvalue weighted by atomic mass is 79.9. The number of hydrazine groups is 1. The topological polar surface area (TPSA) is 118 Å². The quantitative estimate of drug-likeness (QED) is 0.0725. The molecule has 0 aromatic heterocycles. The maximum absolute atomic E-state index is 13.5. The number of nitrogens with zero attached hydrogens (tertiary/aromatic N) is 3. The molecule has 0 aliphatic carbocycles. The maximum atomic E-state index is 13.5. The summed E-state index contributed by atoms with van der Waals surface area (Å²) >= 11 is 13.2. The summed E-state index contributed by atoms with van der Waals surface area (Å²) in [6, 6.07) is 8.97. The molecule has 3 aromatic rings. The molecule has 0 unspecified atom stereocenters. The van der Waals surface area contributed by atoms with E-state index in [0.717, 1.165) is 36.4 Å². The molecule has 0 atom stereocenters. The second kappa shape index (κ2) is 10.5. The Hall–Kier alpha value is -2.81. The zero-order valence-corrected chi connectivity index (χ0v) is 24.4. The smallest absolute Gasteiger partial charge is 0.282 e. The third-order valence-electron chi connectivity index (χ3n) is 5.34. The number of benzene rings is 3. The second-order valence-electron chi connectivity index (χ2n) is 7.52. The van der Waals surface area contributed by atoms with Gasteiger partial charge in [0.25, 0.3) is 23.4 Å². The first kappa shape index (κ1) is 27.2. The van der Waals surface area contributed by atoms with E-state index in [9.17, 15) is 33.7 Å². The standard InChI is InChI=1S/C23H10Br4FN3O6/c24-17-15-16(18(25)20(27)19(17)26)23(35)30(22(15)34)29(9-14(32)10-1-5-12(28)6-2-10)21(33)11-3-7-13(8-4-11)31(36)37/h1-8H,9H2. The number of hydrogen-bond acceptors (Lipinski definition) is 6. The van der Waals surface area contributed by atoms with Gasteiger partial charge in [0.1, 0.15) is 12.4 Å². The predicted octanol–water partition coefficient (Wildman–Crippen LogP) is 6.32. The number of fused-ring (bicyclic) bond motifs is 1. The number of hydrogen-bond donors (Lipinski definition) is 0. The van der Waals surface area contributed by atoms with E-state index in [1.807, 2.05) is 0 Å². The molecule has 1 aliphatic rings. The Morgan fingerprint density at radius 2 is 1.27 bits per heavy atom. The van der Waals surface area contributed by atoms with E-state index in [-0.39, 0.29) is 36.9 Å². The molecule has 3 amide bonds. The molecule has 1 heterocycles. The van der Waals surface area contributed by atoms with Crippen LogP contribution in [0.25, 0.3) is 0 Å². The van der Waals surface area contributed by atoms with E-state index < -0.39 is 40.8 Å². The normalized spacial score (nSPS) is 12.5. The lowest BCUT2D eigenvalue weighted by molar-refractivity contribution is -0.384. The van der Waals surface area contributed by atoms with Crippen molar-refractivity contribution in [3.8, 4) is 0 Å². The van der Waals surface area contributed by atoms with Crippen molar-refractivity contribution in [3.05, 3.63) is 105 Å². The first-order chi connectivity index (χ1) is 17.4. The summed E-state index contributed by atoms with van der Waals surface area (Å²) < 4.78 is 14.7. The van der Waals surface area contributed by atoms with Crippen molar-refractivity contribution in [2.45, 2.75) is 0 Å². The first-order valence-electron chi connectivity index (χ1n) is 10.0. The van der Waals surface area contributed by atoms with Crippen molar-refractivity contribution in [2.75, 3.05) is 6.54 Å². The fourth-order valence-corrected chi connectivity index (χ4v) is 5.99. The van der Waals surface area contributed by atoms with E-state index in [1.54, 1.807) is 0 Å². The van der Waals surface area contributed by atoms with Gasteiger partial charge in [-0.2, -0.15) is 5.01 Å². The molecule has 3 aromatic carbocycles. The molecule has 4 rings (SSSR count). The van der Waals surface area contributed by atoms with Gasteiger partial charge in [-0.25, -0.2) is 9.40 Å². The van der Waals surface area contributed by atoms with Crippen LogP contribution < -0.4 is 0 Å². The van der Waals surface area contributed by atoms with Crippen LogP contribution in [0.4, 0.5) is 10.1 Å².